The lowest BCUT2D eigenvalue weighted by Gasteiger charge is -2.48. The Balaban J connectivity index is 2.92. The van der Waals surface area contributed by atoms with E-state index in [0.717, 1.165) is 0 Å². The molecule has 0 aromatic heterocycles. The first-order valence-corrected chi connectivity index (χ1v) is 15.3. The van der Waals surface area contributed by atoms with E-state index in [4.69, 9.17) is 0 Å². The molecule has 0 saturated heterocycles. The molecular formula is C30H13F33O2. The molecule has 2 rings (SSSR count). The summed E-state index contributed by atoms with van der Waals surface area (Å²) in [5.74, 6) is -146. The number of hydrogen-bond acceptors (Lipinski definition) is 2. The monoisotopic (exact) mass is 1030 g/mol. The van der Waals surface area contributed by atoms with Crippen LogP contribution in [0.3, 0.4) is 0 Å². The summed E-state index contributed by atoms with van der Waals surface area (Å²) < 4.78 is 466. The zero-order valence-electron chi connectivity index (χ0n) is 29.5. The SMILES string of the molecule is CC(c1ccc(O)cc1)(c1ccc(O)cc1)C(F)(F)C(F)(F)C(F)(F)C(F)(F)C(F)(F)C(F)(F)C(F)(F)C(F)(F)C(F)(F)C(F)(F)C(F)(F)C(F)(F)C(F)(F)C(F)(F)C(F)(F)C(F)(F)F. The van der Waals surface area contributed by atoms with Crippen LogP contribution in [-0.2, 0) is 5.41 Å². The zero-order valence-corrected chi connectivity index (χ0v) is 29.5. The van der Waals surface area contributed by atoms with Gasteiger partial charge in [0.2, 0.25) is 0 Å². The van der Waals surface area contributed by atoms with Crippen LogP contribution in [0.4, 0.5) is 145 Å². The van der Waals surface area contributed by atoms with Crippen molar-refractivity contribution in [2.45, 2.75) is 107 Å². The predicted octanol–water partition coefficient (Wildman–Crippen LogP) is 13.5. The van der Waals surface area contributed by atoms with Gasteiger partial charge in [-0.1, -0.05) is 24.3 Å². The lowest BCUT2D eigenvalue weighted by Crippen LogP contribution is -2.80. The van der Waals surface area contributed by atoms with E-state index in [0.29, 0.717) is 0 Å². The molecule has 65 heavy (non-hydrogen) atoms. The van der Waals surface area contributed by atoms with E-state index in [1.807, 2.05) is 0 Å². The normalized spacial score (nSPS) is 16.3. The minimum absolute atomic E-state index is 0.00763. The summed E-state index contributed by atoms with van der Waals surface area (Å²) in [4.78, 5) is 0. The topological polar surface area (TPSA) is 40.5 Å². The highest BCUT2D eigenvalue weighted by atomic mass is 19.4. The Kier molecular flexibility index (Phi) is 13.0. The van der Waals surface area contributed by atoms with Crippen LogP contribution in [0, 0.1) is 0 Å². The van der Waals surface area contributed by atoms with Crippen LogP contribution in [0.5, 0.6) is 11.5 Å². The van der Waals surface area contributed by atoms with Gasteiger partial charge in [0.1, 0.15) is 11.5 Å². The molecule has 0 bridgehead atoms. The first kappa shape index (κ1) is 56.9. The summed E-state index contributed by atoms with van der Waals surface area (Å²) in [5, 5.41) is 18.7. The third-order valence-corrected chi connectivity index (χ3v) is 9.39. The minimum Gasteiger partial charge on any atom is -0.508 e. The highest BCUT2D eigenvalue weighted by molar-refractivity contribution is 5.46. The molecule has 0 saturated carbocycles. The molecule has 35 heteroatoms. The number of hydrogen-bond donors (Lipinski definition) is 2. The Morgan fingerprint density at radius 2 is 0.369 bits per heavy atom. The number of rotatable bonds is 17. The smallest absolute Gasteiger partial charge is 0.460 e. The number of alkyl halides is 33. The van der Waals surface area contributed by atoms with Gasteiger partial charge < -0.3 is 10.2 Å². The minimum atomic E-state index is -10.3. The quantitative estimate of drug-likeness (QED) is 0.155. The van der Waals surface area contributed by atoms with Crippen LogP contribution in [0.1, 0.15) is 18.1 Å². The van der Waals surface area contributed by atoms with Crippen LogP contribution in [0.2, 0.25) is 0 Å². The predicted molar refractivity (Wildman–Crippen MR) is 143 cm³/mol. The number of phenols is 2. The van der Waals surface area contributed by atoms with Gasteiger partial charge >= 0.3 is 95.0 Å². The molecular weight excluding hydrogens is 1020 g/mol. The van der Waals surface area contributed by atoms with Crippen LogP contribution in [0.25, 0.3) is 0 Å². The van der Waals surface area contributed by atoms with Gasteiger partial charge in [0.05, 0.1) is 5.41 Å². The Hall–Kier alpha value is -4.27. The molecule has 0 atom stereocenters. The largest absolute Gasteiger partial charge is 0.508 e. The van der Waals surface area contributed by atoms with Crippen molar-refractivity contribution < 1.29 is 155 Å². The van der Waals surface area contributed by atoms with Crippen molar-refractivity contribution in [1.29, 1.82) is 0 Å². The summed E-state index contributed by atoms with van der Waals surface area (Å²) in [6, 6.07) is 0.790. The molecule has 0 radical (unpaired) electrons. The molecule has 2 nitrogen and oxygen atoms in total. The number of phenolic OH excluding ortho intramolecular Hbond substituents is 2. The fraction of sp³-hybridized carbons (Fsp3) is 0.600. The van der Waals surface area contributed by atoms with Crippen molar-refractivity contribution in [1.82, 2.24) is 0 Å². The number of halogens is 33. The highest BCUT2D eigenvalue weighted by Crippen LogP contribution is 2.70. The second-order valence-electron chi connectivity index (χ2n) is 13.3. The third-order valence-electron chi connectivity index (χ3n) is 9.39. The van der Waals surface area contributed by atoms with Crippen LogP contribution < -0.4 is 0 Å². The van der Waals surface area contributed by atoms with Gasteiger partial charge in [0.25, 0.3) is 0 Å². The summed E-state index contributed by atoms with van der Waals surface area (Å²) in [6.07, 6.45) is -8.42. The van der Waals surface area contributed by atoms with Crippen molar-refractivity contribution in [3.63, 3.8) is 0 Å². The lowest BCUT2D eigenvalue weighted by molar-refractivity contribution is -0.491. The average molecular weight is 1030 g/mol. The van der Waals surface area contributed by atoms with E-state index in [1.54, 1.807) is 0 Å². The van der Waals surface area contributed by atoms with E-state index in [2.05, 4.69) is 0 Å². The van der Waals surface area contributed by atoms with Crippen molar-refractivity contribution in [3.05, 3.63) is 59.7 Å². The fourth-order valence-electron chi connectivity index (χ4n) is 5.17. The first-order chi connectivity index (χ1) is 28.0. The molecule has 0 spiro atoms. The Bertz CT molecular complexity index is 1980. The zero-order chi connectivity index (χ0) is 52.5. The van der Waals surface area contributed by atoms with Gasteiger partial charge in [-0.2, -0.15) is 145 Å². The lowest BCUT2D eigenvalue weighted by atomic mass is 9.67. The van der Waals surface area contributed by atoms with Gasteiger partial charge in [-0.3, -0.25) is 0 Å². The van der Waals surface area contributed by atoms with Crippen LogP contribution >= 0.6 is 0 Å². The van der Waals surface area contributed by atoms with E-state index < -0.39 is 130 Å². The van der Waals surface area contributed by atoms with E-state index >= 15 is 17.6 Å². The number of benzene rings is 2. The van der Waals surface area contributed by atoms with Crippen molar-refractivity contribution in [2.24, 2.45) is 0 Å². The van der Waals surface area contributed by atoms with Gasteiger partial charge in [0.15, 0.2) is 0 Å². The van der Waals surface area contributed by atoms with E-state index in [9.17, 15) is 138 Å². The maximum Gasteiger partial charge on any atom is 0.460 e. The Morgan fingerprint density at radius 1 is 0.231 bits per heavy atom. The first-order valence-electron chi connectivity index (χ1n) is 15.3. The maximum absolute atomic E-state index is 15.8. The van der Waals surface area contributed by atoms with Gasteiger partial charge in [-0.05, 0) is 42.3 Å². The van der Waals surface area contributed by atoms with E-state index in [1.165, 1.54) is 0 Å². The van der Waals surface area contributed by atoms with Gasteiger partial charge in [-0.25, -0.2) is 0 Å². The molecule has 2 N–H and O–H groups in total. The molecule has 0 heterocycles. The van der Waals surface area contributed by atoms with Gasteiger partial charge in [0, 0.05) is 0 Å². The molecule has 0 aliphatic rings. The van der Waals surface area contributed by atoms with Crippen molar-refractivity contribution >= 4 is 0 Å². The van der Waals surface area contributed by atoms with Gasteiger partial charge in [-0.15, -0.1) is 0 Å². The number of aromatic hydroxyl groups is 2. The summed E-state index contributed by atoms with van der Waals surface area (Å²) in [7, 11) is 0. The third kappa shape index (κ3) is 6.75. The Labute approximate surface area is 334 Å². The second kappa shape index (κ2) is 14.9. The molecule has 0 aliphatic heterocycles. The van der Waals surface area contributed by atoms with Crippen molar-refractivity contribution in [2.75, 3.05) is 0 Å². The van der Waals surface area contributed by atoms with E-state index in [-0.39, 0.29) is 48.5 Å². The summed E-state index contributed by atoms with van der Waals surface area (Å²) in [6.45, 7) is -0.435. The molecule has 2 aromatic rings. The molecule has 0 aliphatic carbocycles. The molecule has 0 amide bonds. The molecule has 2 aromatic carbocycles. The molecule has 0 unspecified atom stereocenters. The molecule has 0 fully saturated rings. The second-order valence-corrected chi connectivity index (χ2v) is 13.3. The summed E-state index contributed by atoms with van der Waals surface area (Å²) in [5.41, 5.74) is -7.90. The average Bonchev–Trinajstić information content (AvgIpc) is 3.13. The van der Waals surface area contributed by atoms with Crippen molar-refractivity contribution in [3.8, 4) is 11.5 Å². The standard InChI is InChI=1S/C30H13F33O2/c1-14(10-2-6-12(64)7-3-10,11-4-8-13(65)9-5-11)15(31,32)16(33,34)17(35,36)18(37,38)19(39,40)20(41,42)21(43,44)22(45,46)23(47,48)24(49,50)25(51,52)26(53,54)27(55,56)28(57,58)29(59,60)30(61,62)63/h2-9,64-65H,1H3. The maximum atomic E-state index is 15.8. The fourth-order valence-corrected chi connectivity index (χ4v) is 5.17. The molecule has 376 valence electrons. The van der Waals surface area contributed by atoms with Crippen LogP contribution in [0.15, 0.2) is 48.5 Å². The Morgan fingerprint density at radius 3 is 0.523 bits per heavy atom. The van der Waals surface area contributed by atoms with Crippen LogP contribution in [-0.4, -0.2) is 105 Å². The highest BCUT2D eigenvalue weighted by Gasteiger charge is 3.02. The summed E-state index contributed by atoms with van der Waals surface area (Å²) >= 11 is 0.